The van der Waals surface area contributed by atoms with Crippen LogP contribution in [0.4, 0.5) is 13.2 Å². The van der Waals surface area contributed by atoms with Gasteiger partial charge in [0.15, 0.2) is 0 Å². The molecule has 0 radical (unpaired) electrons. The normalized spacial score (nSPS) is 20.3. The number of alkyl halides is 3. The van der Waals surface area contributed by atoms with Crippen LogP contribution in [0, 0.1) is 0 Å². The van der Waals surface area contributed by atoms with E-state index in [4.69, 9.17) is 0 Å². The van der Waals surface area contributed by atoms with Gasteiger partial charge in [0.1, 0.15) is 5.54 Å². The van der Waals surface area contributed by atoms with E-state index in [1.165, 1.54) is 7.05 Å². The molecule has 0 amide bonds. The lowest BCUT2D eigenvalue weighted by molar-refractivity contribution is -0.160. The molecule has 0 aromatic carbocycles. The Kier molecular flexibility index (Phi) is 3.32. The van der Waals surface area contributed by atoms with Gasteiger partial charge in [-0.15, -0.1) is 0 Å². The molecule has 0 saturated heterocycles. The van der Waals surface area contributed by atoms with Crippen LogP contribution < -0.4 is 10.0 Å². The molecule has 1 saturated carbocycles. The summed E-state index contributed by atoms with van der Waals surface area (Å²) in [6.45, 7) is 0.128. The zero-order chi connectivity index (χ0) is 11.7. The minimum Gasteiger partial charge on any atom is -0.319 e. The molecule has 1 rings (SSSR count). The Labute approximate surface area is 86.3 Å². The van der Waals surface area contributed by atoms with Crippen LogP contribution in [0.1, 0.15) is 12.8 Å². The van der Waals surface area contributed by atoms with Crippen molar-refractivity contribution in [2.75, 3.05) is 19.3 Å². The molecule has 0 aromatic heterocycles. The molecule has 2 N–H and O–H groups in total. The number of hydrogen-bond donors (Lipinski definition) is 2. The van der Waals surface area contributed by atoms with E-state index in [9.17, 15) is 21.6 Å². The van der Waals surface area contributed by atoms with Crippen LogP contribution in [0.3, 0.4) is 0 Å². The first-order valence-corrected chi connectivity index (χ1v) is 6.11. The summed E-state index contributed by atoms with van der Waals surface area (Å²) in [5.41, 5.74) is -2.19. The smallest absolute Gasteiger partial charge is 0.319 e. The van der Waals surface area contributed by atoms with E-state index in [2.05, 4.69) is 5.32 Å². The lowest BCUT2D eigenvalue weighted by Gasteiger charge is -2.20. The van der Waals surface area contributed by atoms with Crippen molar-refractivity contribution in [3.05, 3.63) is 0 Å². The van der Waals surface area contributed by atoms with Gasteiger partial charge in [-0.05, 0) is 19.9 Å². The van der Waals surface area contributed by atoms with Crippen molar-refractivity contribution in [3.63, 3.8) is 0 Å². The standard InChI is InChI=1S/C7H13F3N2O2S/c1-11-4-5-15(13,14)12-6(2-3-6)7(8,9)10/h11-12H,2-5H2,1H3. The molecule has 8 heteroatoms. The van der Waals surface area contributed by atoms with Crippen LogP contribution in [-0.4, -0.2) is 39.5 Å². The molecule has 0 heterocycles. The number of sulfonamides is 1. The summed E-state index contributed by atoms with van der Waals surface area (Å²) >= 11 is 0. The second kappa shape index (κ2) is 3.91. The van der Waals surface area contributed by atoms with Crippen LogP contribution in [0.15, 0.2) is 0 Å². The minimum absolute atomic E-state index is 0.128. The highest BCUT2D eigenvalue weighted by molar-refractivity contribution is 7.89. The monoisotopic (exact) mass is 246 g/mol. The Morgan fingerprint density at radius 2 is 1.87 bits per heavy atom. The average Bonchev–Trinajstić information content (AvgIpc) is 2.80. The summed E-state index contributed by atoms with van der Waals surface area (Å²) in [6, 6.07) is 0. The van der Waals surface area contributed by atoms with Crippen molar-refractivity contribution in [3.8, 4) is 0 Å². The molecule has 0 spiro atoms. The summed E-state index contributed by atoms with van der Waals surface area (Å²) in [7, 11) is -2.32. The predicted molar refractivity (Wildman–Crippen MR) is 48.9 cm³/mol. The molecule has 0 unspecified atom stereocenters. The van der Waals surface area contributed by atoms with Crippen molar-refractivity contribution < 1.29 is 21.6 Å². The van der Waals surface area contributed by atoms with Gasteiger partial charge >= 0.3 is 6.18 Å². The summed E-state index contributed by atoms with van der Waals surface area (Å²) in [6.07, 6.45) is -4.84. The zero-order valence-electron chi connectivity index (χ0n) is 8.19. The fourth-order valence-electron chi connectivity index (χ4n) is 1.15. The van der Waals surface area contributed by atoms with Gasteiger partial charge in [-0.1, -0.05) is 0 Å². The van der Waals surface area contributed by atoms with Gasteiger partial charge < -0.3 is 5.32 Å². The van der Waals surface area contributed by atoms with E-state index in [0.717, 1.165) is 0 Å². The first kappa shape index (κ1) is 12.7. The number of hydrogen-bond acceptors (Lipinski definition) is 3. The van der Waals surface area contributed by atoms with Gasteiger partial charge in [0.2, 0.25) is 10.0 Å². The molecular weight excluding hydrogens is 233 g/mol. The van der Waals surface area contributed by atoms with Gasteiger partial charge in [-0.25, -0.2) is 8.42 Å². The SMILES string of the molecule is CNCCS(=O)(=O)NC1(C(F)(F)F)CC1. The average molecular weight is 246 g/mol. The fraction of sp³-hybridized carbons (Fsp3) is 1.00. The largest absolute Gasteiger partial charge is 0.407 e. The molecule has 1 fully saturated rings. The van der Waals surface area contributed by atoms with Gasteiger partial charge in [0, 0.05) is 6.54 Å². The first-order valence-electron chi connectivity index (χ1n) is 4.45. The van der Waals surface area contributed by atoms with Crippen LogP contribution in [0.2, 0.25) is 0 Å². The highest BCUT2D eigenvalue weighted by atomic mass is 32.2. The molecule has 1 aliphatic carbocycles. The second-order valence-corrected chi connectivity index (χ2v) is 5.45. The van der Waals surface area contributed by atoms with E-state index in [0.29, 0.717) is 0 Å². The summed E-state index contributed by atoms with van der Waals surface area (Å²) in [5.74, 6) is -0.346. The maximum Gasteiger partial charge on any atom is 0.407 e. The highest BCUT2D eigenvalue weighted by Crippen LogP contribution is 2.49. The van der Waals surface area contributed by atoms with Crippen molar-refractivity contribution in [1.82, 2.24) is 10.0 Å². The second-order valence-electron chi connectivity index (χ2n) is 3.60. The molecule has 0 aliphatic heterocycles. The summed E-state index contributed by atoms with van der Waals surface area (Å²) in [5, 5.41) is 2.57. The number of rotatable bonds is 5. The van der Waals surface area contributed by atoms with Crippen LogP contribution >= 0.6 is 0 Å². The van der Waals surface area contributed by atoms with Crippen LogP contribution in [0.5, 0.6) is 0 Å². The first-order chi connectivity index (χ1) is 6.72. The van der Waals surface area contributed by atoms with Crippen molar-refractivity contribution >= 4 is 10.0 Å². The fourth-order valence-corrected chi connectivity index (χ4v) is 2.64. The van der Waals surface area contributed by atoms with Gasteiger partial charge in [0.25, 0.3) is 0 Å². The third kappa shape index (κ3) is 3.05. The number of halogens is 3. The maximum atomic E-state index is 12.4. The van der Waals surface area contributed by atoms with E-state index in [1.54, 1.807) is 4.72 Å². The lowest BCUT2D eigenvalue weighted by Crippen LogP contribution is -2.49. The Hall–Kier alpha value is -0.340. The zero-order valence-corrected chi connectivity index (χ0v) is 9.00. The van der Waals surface area contributed by atoms with E-state index in [-0.39, 0.29) is 25.1 Å². The highest BCUT2D eigenvalue weighted by Gasteiger charge is 2.65. The lowest BCUT2D eigenvalue weighted by atomic mass is 10.3. The molecule has 15 heavy (non-hydrogen) atoms. The summed E-state index contributed by atoms with van der Waals surface area (Å²) in [4.78, 5) is 0. The van der Waals surface area contributed by atoms with Crippen LogP contribution in [-0.2, 0) is 10.0 Å². The third-order valence-corrected chi connectivity index (χ3v) is 3.71. The van der Waals surface area contributed by atoms with Crippen molar-refractivity contribution in [2.24, 2.45) is 0 Å². The maximum absolute atomic E-state index is 12.4. The molecule has 0 aromatic rings. The molecule has 0 atom stereocenters. The van der Waals surface area contributed by atoms with Crippen molar-refractivity contribution in [2.45, 2.75) is 24.6 Å². The quantitative estimate of drug-likeness (QED) is 0.729. The number of nitrogens with one attached hydrogen (secondary N) is 2. The molecule has 4 nitrogen and oxygen atoms in total. The third-order valence-electron chi connectivity index (χ3n) is 2.26. The Morgan fingerprint density at radius 1 is 1.33 bits per heavy atom. The van der Waals surface area contributed by atoms with Gasteiger partial charge in [0.05, 0.1) is 5.75 Å². The van der Waals surface area contributed by atoms with Gasteiger partial charge in [-0.3, -0.25) is 0 Å². The van der Waals surface area contributed by atoms with Crippen molar-refractivity contribution in [1.29, 1.82) is 0 Å². The predicted octanol–water partition coefficient (Wildman–Crippen LogP) is 0.220. The summed E-state index contributed by atoms with van der Waals surface area (Å²) < 4.78 is 61.4. The topological polar surface area (TPSA) is 58.2 Å². The van der Waals surface area contributed by atoms with E-state index >= 15 is 0 Å². The Balaban J connectivity index is 2.62. The molecule has 0 bridgehead atoms. The van der Waals surface area contributed by atoms with Gasteiger partial charge in [-0.2, -0.15) is 17.9 Å². The van der Waals surface area contributed by atoms with Crippen LogP contribution in [0.25, 0.3) is 0 Å². The Morgan fingerprint density at radius 3 is 2.20 bits per heavy atom. The Bertz CT molecular complexity index is 322. The molecule has 1 aliphatic rings. The van der Waals surface area contributed by atoms with E-state index < -0.39 is 21.7 Å². The van der Waals surface area contributed by atoms with E-state index in [1.807, 2.05) is 0 Å². The minimum atomic E-state index is -4.50. The molecule has 90 valence electrons. The molecular formula is C7H13F3N2O2S.